The van der Waals surface area contributed by atoms with Gasteiger partial charge in [0.25, 0.3) is 5.91 Å². The van der Waals surface area contributed by atoms with Gasteiger partial charge in [-0.2, -0.15) is 9.78 Å². The van der Waals surface area contributed by atoms with Crippen LogP contribution in [0, 0.1) is 0 Å². The summed E-state index contributed by atoms with van der Waals surface area (Å²) in [4.78, 5) is 17.1. The molecule has 114 valence electrons. The fourth-order valence-electron chi connectivity index (χ4n) is 3.25. The molecular formula is C15H18N6O. The lowest BCUT2D eigenvalue weighted by Gasteiger charge is -2.25. The lowest BCUT2D eigenvalue weighted by molar-refractivity contribution is 0.0859. The molecule has 2 aliphatic rings. The first-order valence-corrected chi connectivity index (χ1v) is 7.54. The zero-order chi connectivity index (χ0) is 15.1. The first kappa shape index (κ1) is 13.3. The topological polar surface area (TPSA) is 97.9 Å². The SMILES string of the molecule is Nc1c2c(nn1C(=O)C1CCNc3ccncc31)CCNC2. The quantitative estimate of drug-likeness (QED) is 0.718. The number of aromatic nitrogens is 3. The van der Waals surface area contributed by atoms with Crippen molar-refractivity contribution >= 4 is 17.4 Å². The third-order valence-corrected chi connectivity index (χ3v) is 4.43. The number of pyridine rings is 1. The molecule has 1 unspecified atom stereocenters. The molecule has 22 heavy (non-hydrogen) atoms. The molecule has 0 aliphatic carbocycles. The van der Waals surface area contributed by atoms with E-state index in [2.05, 4.69) is 20.7 Å². The Kier molecular flexibility index (Phi) is 3.07. The molecule has 4 rings (SSSR count). The number of anilines is 2. The van der Waals surface area contributed by atoms with Crippen LogP contribution < -0.4 is 16.4 Å². The van der Waals surface area contributed by atoms with Crippen molar-refractivity contribution in [1.82, 2.24) is 20.1 Å². The summed E-state index contributed by atoms with van der Waals surface area (Å²) in [6.07, 6.45) is 5.01. The van der Waals surface area contributed by atoms with Crippen molar-refractivity contribution in [3.05, 3.63) is 35.3 Å². The number of nitrogens with zero attached hydrogens (tertiary/aromatic N) is 3. The summed E-state index contributed by atoms with van der Waals surface area (Å²) in [7, 11) is 0. The molecule has 0 saturated heterocycles. The second-order valence-electron chi connectivity index (χ2n) is 5.72. The third-order valence-electron chi connectivity index (χ3n) is 4.43. The summed E-state index contributed by atoms with van der Waals surface area (Å²) >= 11 is 0. The first-order chi connectivity index (χ1) is 10.8. The Bertz CT molecular complexity index is 738. The lowest BCUT2D eigenvalue weighted by Crippen LogP contribution is -2.28. The standard InChI is InChI=1S/C15H18N6O/c16-14-11-8-18-5-3-13(11)20-21(14)15(22)9-1-6-19-12-2-4-17-7-10(9)12/h2,4,7,9,18-19H,1,3,5-6,8,16H2. The number of carbonyl (C=O) groups is 1. The van der Waals surface area contributed by atoms with Crippen molar-refractivity contribution in [2.75, 3.05) is 24.1 Å². The molecule has 7 nitrogen and oxygen atoms in total. The number of nitrogens with one attached hydrogen (secondary N) is 2. The van der Waals surface area contributed by atoms with Gasteiger partial charge in [0.05, 0.1) is 11.6 Å². The highest BCUT2D eigenvalue weighted by Gasteiger charge is 2.31. The largest absolute Gasteiger partial charge is 0.385 e. The molecule has 7 heteroatoms. The highest BCUT2D eigenvalue weighted by molar-refractivity contribution is 5.90. The molecule has 2 aliphatic heterocycles. The van der Waals surface area contributed by atoms with E-state index in [0.29, 0.717) is 12.4 Å². The summed E-state index contributed by atoms with van der Waals surface area (Å²) in [5, 5.41) is 11.0. The first-order valence-electron chi connectivity index (χ1n) is 7.54. The van der Waals surface area contributed by atoms with Gasteiger partial charge in [-0.25, -0.2) is 0 Å². The Morgan fingerprint density at radius 3 is 3.18 bits per heavy atom. The van der Waals surface area contributed by atoms with Gasteiger partial charge in [-0.15, -0.1) is 0 Å². The number of nitrogen functional groups attached to an aromatic ring is 1. The number of hydrogen-bond acceptors (Lipinski definition) is 6. The molecule has 0 fully saturated rings. The maximum Gasteiger partial charge on any atom is 0.256 e. The summed E-state index contributed by atoms with van der Waals surface area (Å²) in [6.45, 7) is 2.31. The number of rotatable bonds is 1. The molecule has 0 amide bonds. The Morgan fingerprint density at radius 1 is 1.41 bits per heavy atom. The fourth-order valence-corrected chi connectivity index (χ4v) is 3.25. The number of fused-ring (bicyclic) bond motifs is 2. The number of nitrogens with two attached hydrogens (primary N) is 1. The number of carbonyl (C=O) groups excluding carboxylic acids is 1. The average Bonchev–Trinajstić information content (AvgIpc) is 2.91. The Balaban J connectivity index is 1.73. The maximum atomic E-state index is 12.9. The van der Waals surface area contributed by atoms with Crippen LogP contribution in [0.3, 0.4) is 0 Å². The van der Waals surface area contributed by atoms with Crippen molar-refractivity contribution < 1.29 is 4.79 Å². The van der Waals surface area contributed by atoms with E-state index in [4.69, 9.17) is 5.73 Å². The molecular weight excluding hydrogens is 280 g/mol. The van der Waals surface area contributed by atoms with Crippen LogP contribution in [-0.4, -0.2) is 33.8 Å². The Hall–Kier alpha value is -2.41. The Labute approximate surface area is 127 Å². The second-order valence-corrected chi connectivity index (χ2v) is 5.72. The minimum atomic E-state index is -0.249. The predicted octanol–water partition coefficient (Wildman–Crippen LogP) is 0.746. The highest BCUT2D eigenvalue weighted by atomic mass is 16.2. The van der Waals surface area contributed by atoms with Gasteiger partial charge in [-0.3, -0.25) is 9.78 Å². The van der Waals surface area contributed by atoms with E-state index in [9.17, 15) is 4.79 Å². The van der Waals surface area contributed by atoms with Gasteiger partial charge >= 0.3 is 0 Å². The van der Waals surface area contributed by atoms with Crippen LogP contribution in [0.2, 0.25) is 0 Å². The van der Waals surface area contributed by atoms with Crippen LogP contribution in [-0.2, 0) is 13.0 Å². The van der Waals surface area contributed by atoms with Crippen LogP contribution in [0.15, 0.2) is 18.5 Å². The highest BCUT2D eigenvalue weighted by Crippen LogP contribution is 2.33. The molecule has 0 aromatic carbocycles. The van der Waals surface area contributed by atoms with Crippen LogP contribution in [0.25, 0.3) is 0 Å². The van der Waals surface area contributed by atoms with Gasteiger partial charge in [-0.1, -0.05) is 0 Å². The molecule has 2 aromatic rings. The van der Waals surface area contributed by atoms with Gasteiger partial charge in [-0.05, 0) is 12.5 Å². The number of hydrogen-bond donors (Lipinski definition) is 3. The minimum absolute atomic E-state index is 0.0670. The van der Waals surface area contributed by atoms with E-state index in [1.54, 1.807) is 12.4 Å². The summed E-state index contributed by atoms with van der Waals surface area (Å²) in [5.41, 5.74) is 9.94. The van der Waals surface area contributed by atoms with Crippen molar-refractivity contribution in [1.29, 1.82) is 0 Å². The molecule has 1 atom stereocenters. The van der Waals surface area contributed by atoms with Crippen LogP contribution in [0.1, 0.15) is 34.0 Å². The van der Waals surface area contributed by atoms with Crippen molar-refractivity contribution in [2.45, 2.75) is 25.3 Å². The van der Waals surface area contributed by atoms with E-state index in [1.807, 2.05) is 6.07 Å². The summed E-state index contributed by atoms with van der Waals surface area (Å²) in [5.74, 6) is 0.153. The maximum absolute atomic E-state index is 12.9. The average molecular weight is 298 g/mol. The molecule has 0 radical (unpaired) electrons. The smallest absolute Gasteiger partial charge is 0.256 e. The van der Waals surface area contributed by atoms with Crippen molar-refractivity contribution in [3.63, 3.8) is 0 Å². The van der Waals surface area contributed by atoms with E-state index >= 15 is 0 Å². The van der Waals surface area contributed by atoms with E-state index in [0.717, 1.165) is 48.4 Å². The third kappa shape index (κ3) is 1.97. The van der Waals surface area contributed by atoms with Crippen molar-refractivity contribution in [3.8, 4) is 0 Å². The van der Waals surface area contributed by atoms with E-state index < -0.39 is 0 Å². The molecule has 2 aromatic heterocycles. The lowest BCUT2D eigenvalue weighted by atomic mass is 9.92. The predicted molar refractivity (Wildman–Crippen MR) is 82.8 cm³/mol. The van der Waals surface area contributed by atoms with Gasteiger partial charge in [0.2, 0.25) is 0 Å². The fraction of sp³-hybridized carbons (Fsp3) is 0.400. The normalized spacial score (nSPS) is 19.9. The van der Waals surface area contributed by atoms with Gasteiger partial charge in [0.15, 0.2) is 0 Å². The van der Waals surface area contributed by atoms with Gasteiger partial charge in [0, 0.05) is 55.3 Å². The minimum Gasteiger partial charge on any atom is -0.385 e. The van der Waals surface area contributed by atoms with Crippen LogP contribution in [0.5, 0.6) is 0 Å². The second kappa shape index (κ2) is 5.10. The zero-order valence-electron chi connectivity index (χ0n) is 12.2. The van der Waals surface area contributed by atoms with Crippen LogP contribution >= 0.6 is 0 Å². The van der Waals surface area contributed by atoms with E-state index in [-0.39, 0.29) is 11.8 Å². The van der Waals surface area contributed by atoms with Crippen molar-refractivity contribution in [2.24, 2.45) is 0 Å². The molecule has 0 saturated carbocycles. The molecule has 4 N–H and O–H groups in total. The molecule has 0 spiro atoms. The molecule has 0 bridgehead atoms. The van der Waals surface area contributed by atoms with Gasteiger partial charge < -0.3 is 16.4 Å². The Morgan fingerprint density at radius 2 is 2.32 bits per heavy atom. The summed E-state index contributed by atoms with van der Waals surface area (Å²) in [6, 6.07) is 1.90. The zero-order valence-corrected chi connectivity index (χ0v) is 12.2. The molecule has 4 heterocycles. The summed E-state index contributed by atoms with van der Waals surface area (Å²) < 4.78 is 1.39. The van der Waals surface area contributed by atoms with Gasteiger partial charge in [0.1, 0.15) is 5.82 Å². The monoisotopic (exact) mass is 298 g/mol. The van der Waals surface area contributed by atoms with E-state index in [1.165, 1.54) is 4.68 Å². The van der Waals surface area contributed by atoms with Crippen LogP contribution in [0.4, 0.5) is 11.5 Å².